The van der Waals surface area contributed by atoms with E-state index in [1.54, 1.807) is 0 Å². The monoisotopic (exact) mass is 853 g/mol. The Balaban J connectivity index is 1.10. The third-order valence-corrected chi connectivity index (χ3v) is 14.2. The molecule has 5 heterocycles. The van der Waals surface area contributed by atoms with Gasteiger partial charge in [0.25, 0.3) is 0 Å². The van der Waals surface area contributed by atoms with Gasteiger partial charge in [0.1, 0.15) is 5.65 Å². The summed E-state index contributed by atoms with van der Waals surface area (Å²) in [5, 5.41) is 8.65. The summed E-state index contributed by atoms with van der Waals surface area (Å²) < 4.78 is 12.3. The lowest BCUT2D eigenvalue weighted by Crippen LogP contribution is -1.96. The molecule has 0 atom stereocenters. The number of para-hydroxylation sites is 7. The van der Waals surface area contributed by atoms with Crippen molar-refractivity contribution in [1.82, 2.24) is 22.7 Å². The number of nitrogens with zero attached hydrogens (tertiary/aromatic N) is 5. The summed E-state index contributed by atoms with van der Waals surface area (Å²) in [5.74, 6) is 0. The largest absolute Gasteiger partial charge is 0.309 e. The van der Waals surface area contributed by atoms with Crippen molar-refractivity contribution in [3.8, 4) is 33.9 Å². The smallest absolute Gasteiger partial charge is 0.131 e. The van der Waals surface area contributed by atoms with E-state index in [-0.39, 0.29) is 0 Å². The van der Waals surface area contributed by atoms with Crippen LogP contribution in [0.25, 0.3) is 127 Å². The first-order valence-corrected chi connectivity index (χ1v) is 23.0. The summed E-state index contributed by atoms with van der Waals surface area (Å²) in [5.41, 5.74) is 18.6. The lowest BCUT2D eigenvalue weighted by Gasteiger charge is -2.12. The third-order valence-electron chi connectivity index (χ3n) is 14.2. The van der Waals surface area contributed by atoms with Crippen LogP contribution < -0.4 is 0 Å². The SMILES string of the molecule is c1ccc(-n2c3ccccc3c3cc(-c4c5ccc(-n6c7ccccc7c7ccccc76)cc5n5c6cc(-n7c8ccccc8c8ccccc87)ccc6n(-c6ccccc6)c45)ccc32)cc1. The summed E-state index contributed by atoms with van der Waals surface area (Å²) in [6, 6.07) is 86.8. The minimum Gasteiger partial charge on any atom is -0.309 e. The zero-order chi connectivity index (χ0) is 43.7. The van der Waals surface area contributed by atoms with E-state index in [1.165, 1.54) is 81.9 Å². The average molecular weight is 854 g/mol. The maximum atomic E-state index is 2.54. The number of aromatic nitrogens is 5. The molecule has 312 valence electrons. The second-order valence-electron chi connectivity index (χ2n) is 17.7. The lowest BCUT2D eigenvalue weighted by molar-refractivity contribution is 1.14. The number of imidazole rings is 1. The summed E-state index contributed by atoms with van der Waals surface area (Å²) in [6.45, 7) is 0. The highest BCUT2D eigenvalue weighted by Crippen LogP contribution is 2.45. The fourth-order valence-electron chi connectivity index (χ4n) is 11.5. The molecule has 0 amide bonds. The van der Waals surface area contributed by atoms with Crippen molar-refractivity contribution in [2.24, 2.45) is 0 Å². The van der Waals surface area contributed by atoms with Crippen LogP contribution >= 0.6 is 0 Å². The number of hydrogen-bond donors (Lipinski definition) is 0. The first-order valence-electron chi connectivity index (χ1n) is 23.0. The molecule has 10 aromatic carbocycles. The molecule has 0 aliphatic carbocycles. The second-order valence-corrected chi connectivity index (χ2v) is 17.7. The molecule has 0 aliphatic heterocycles. The third kappa shape index (κ3) is 5.02. The molecule has 0 saturated heterocycles. The summed E-state index contributed by atoms with van der Waals surface area (Å²) >= 11 is 0. The van der Waals surface area contributed by atoms with Crippen LogP contribution in [0.4, 0.5) is 0 Å². The van der Waals surface area contributed by atoms with Gasteiger partial charge in [-0.15, -0.1) is 0 Å². The van der Waals surface area contributed by atoms with Gasteiger partial charge in [0.15, 0.2) is 0 Å². The van der Waals surface area contributed by atoms with Crippen LogP contribution in [-0.4, -0.2) is 22.7 Å². The maximum Gasteiger partial charge on any atom is 0.131 e. The molecule has 0 radical (unpaired) electrons. The first kappa shape index (κ1) is 36.3. The van der Waals surface area contributed by atoms with Gasteiger partial charge in [0.05, 0.1) is 49.7 Å². The summed E-state index contributed by atoms with van der Waals surface area (Å²) in [4.78, 5) is 0. The number of rotatable bonds is 5. The maximum absolute atomic E-state index is 2.54. The Hall–Kier alpha value is -9.06. The number of fused-ring (bicyclic) bond motifs is 14. The summed E-state index contributed by atoms with van der Waals surface area (Å²) in [6.07, 6.45) is 0. The molecule has 0 N–H and O–H groups in total. The molecule has 0 bridgehead atoms. The molecule has 0 saturated carbocycles. The van der Waals surface area contributed by atoms with Gasteiger partial charge >= 0.3 is 0 Å². The van der Waals surface area contributed by atoms with Crippen LogP contribution in [0.1, 0.15) is 0 Å². The Labute approximate surface area is 384 Å². The van der Waals surface area contributed by atoms with E-state index in [0.717, 1.165) is 44.9 Å². The van der Waals surface area contributed by atoms with Crippen molar-refractivity contribution in [1.29, 1.82) is 0 Å². The van der Waals surface area contributed by atoms with Gasteiger partial charge < -0.3 is 13.7 Å². The Morgan fingerprint density at radius 2 is 0.597 bits per heavy atom. The van der Waals surface area contributed by atoms with Gasteiger partial charge in [-0.1, -0.05) is 140 Å². The van der Waals surface area contributed by atoms with Gasteiger partial charge in [-0.3, -0.25) is 8.97 Å². The molecule has 5 heteroatoms. The normalized spacial score (nSPS) is 12.2. The van der Waals surface area contributed by atoms with Gasteiger partial charge in [0, 0.05) is 66.0 Å². The minimum atomic E-state index is 1.11. The quantitative estimate of drug-likeness (QED) is 0.165. The molecule has 0 fully saturated rings. The molecular formula is C62H39N5. The van der Waals surface area contributed by atoms with E-state index in [9.17, 15) is 0 Å². The van der Waals surface area contributed by atoms with Crippen LogP contribution in [0.3, 0.4) is 0 Å². The number of hydrogen-bond acceptors (Lipinski definition) is 0. The highest BCUT2D eigenvalue weighted by atomic mass is 15.1. The Kier molecular flexibility index (Phi) is 7.44. The molecule has 5 aromatic heterocycles. The Morgan fingerprint density at radius 1 is 0.209 bits per heavy atom. The minimum absolute atomic E-state index is 1.11. The average Bonchev–Trinajstić information content (AvgIpc) is 4.18. The molecule has 0 aliphatic rings. The van der Waals surface area contributed by atoms with Crippen LogP contribution in [-0.2, 0) is 0 Å². The molecule has 15 rings (SSSR count). The highest BCUT2D eigenvalue weighted by Gasteiger charge is 2.26. The van der Waals surface area contributed by atoms with Crippen LogP contribution in [0.5, 0.6) is 0 Å². The van der Waals surface area contributed by atoms with Gasteiger partial charge in [-0.25, -0.2) is 0 Å². The van der Waals surface area contributed by atoms with Crippen molar-refractivity contribution < 1.29 is 0 Å². The van der Waals surface area contributed by atoms with Crippen LogP contribution in [0, 0.1) is 0 Å². The van der Waals surface area contributed by atoms with Gasteiger partial charge in [0.2, 0.25) is 0 Å². The van der Waals surface area contributed by atoms with E-state index < -0.39 is 0 Å². The predicted octanol–water partition coefficient (Wildman–Crippen LogP) is 16.0. The molecule has 67 heavy (non-hydrogen) atoms. The Bertz CT molecular complexity index is 4390. The predicted molar refractivity (Wildman–Crippen MR) is 280 cm³/mol. The summed E-state index contributed by atoms with van der Waals surface area (Å²) in [7, 11) is 0. The van der Waals surface area contributed by atoms with Gasteiger partial charge in [-0.2, -0.15) is 0 Å². The molecular weight excluding hydrogens is 815 g/mol. The van der Waals surface area contributed by atoms with Crippen molar-refractivity contribution in [2.75, 3.05) is 0 Å². The second kappa shape index (κ2) is 13.7. The molecule has 15 aromatic rings. The molecule has 0 spiro atoms. The van der Waals surface area contributed by atoms with Crippen molar-refractivity contribution >= 4 is 93.0 Å². The Morgan fingerprint density at radius 3 is 1.12 bits per heavy atom. The van der Waals surface area contributed by atoms with Crippen LogP contribution in [0.2, 0.25) is 0 Å². The molecule has 0 unspecified atom stereocenters. The fourth-order valence-corrected chi connectivity index (χ4v) is 11.5. The zero-order valence-corrected chi connectivity index (χ0v) is 36.3. The standard InChI is InChI=1S/C62H39N5/c1-3-17-41(18-4-1)63-56-30-16-11-25-49(56)51-37-40(31-35-57(51)63)61-50-34-32-43(64-52-26-12-7-21-45(52)46-22-8-13-27-53(46)64)38-59(50)67-60-39-44(33-36-58(60)66(62(61)67)42-19-5-2-6-20-42)65-54-28-14-9-23-47(54)48-24-10-15-29-55(48)65/h1-39H. The van der Waals surface area contributed by atoms with E-state index in [2.05, 4.69) is 259 Å². The van der Waals surface area contributed by atoms with Gasteiger partial charge in [-0.05, 0) is 103 Å². The van der Waals surface area contributed by atoms with Crippen molar-refractivity contribution in [3.63, 3.8) is 0 Å². The highest BCUT2D eigenvalue weighted by molar-refractivity contribution is 6.16. The topological polar surface area (TPSA) is 24.1 Å². The lowest BCUT2D eigenvalue weighted by atomic mass is 10.0. The zero-order valence-electron chi connectivity index (χ0n) is 36.3. The van der Waals surface area contributed by atoms with E-state index >= 15 is 0 Å². The fraction of sp³-hybridized carbons (Fsp3) is 0. The first-order chi connectivity index (χ1) is 33.3. The van der Waals surface area contributed by atoms with E-state index in [0.29, 0.717) is 0 Å². The van der Waals surface area contributed by atoms with Crippen molar-refractivity contribution in [3.05, 3.63) is 237 Å². The van der Waals surface area contributed by atoms with Crippen molar-refractivity contribution in [2.45, 2.75) is 0 Å². The van der Waals surface area contributed by atoms with E-state index in [4.69, 9.17) is 0 Å². The number of benzene rings is 10. The molecule has 5 nitrogen and oxygen atoms in total. The van der Waals surface area contributed by atoms with Crippen LogP contribution in [0.15, 0.2) is 237 Å². The van der Waals surface area contributed by atoms with E-state index in [1.807, 2.05) is 0 Å².